The number of halogens is 3. The predicted molar refractivity (Wildman–Crippen MR) is 77.5 cm³/mol. The fraction of sp³-hybridized carbons (Fsp3) is 0.500. The predicted octanol–water partition coefficient (Wildman–Crippen LogP) is 4.35. The summed E-state index contributed by atoms with van der Waals surface area (Å²) in [7, 11) is 0. The largest absolute Gasteiger partial charge is 0.334 e. The zero-order valence-electron chi connectivity index (χ0n) is 11.1. The fourth-order valence-electron chi connectivity index (χ4n) is 2.09. The van der Waals surface area contributed by atoms with Crippen LogP contribution in [0.15, 0.2) is 18.2 Å². The van der Waals surface area contributed by atoms with Crippen LogP contribution in [0.2, 0.25) is 5.02 Å². The van der Waals surface area contributed by atoms with Gasteiger partial charge >= 0.3 is 0 Å². The van der Waals surface area contributed by atoms with Crippen LogP contribution in [0.1, 0.15) is 37.0 Å². The number of alkyl halides is 1. The van der Waals surface area contributed by atoms with Crippen LogP contribution in [-0.4, -0.2) is 29.3 Å². The van der Waals surface area contributed by atoms with Crippen molar-refractivity contribution >= 4 is 29.1 Å². The Balaban J connectivity index is 3.08. The number of carbonyl (C=O) groups excluding carboxylic acids is 1. The van der Waals surface area contributed by atoms with Crippen LogP contribution in [0.25, 0.3) is 0 Å². The topological polar surface area (TPSA) is 20.3 Å². The van der Waals surface area contributed by atoms with E-state index in [1.807, 2.05) is 13.8 Å². The molecule has 106 valence electrons. The first kappa shape index (κ1) is 16.3. The summed E-state index contributed by atoms with van der Waals surface area (Å²) in [5.74, 6) is -0.696. The molecule has 0 N–H and O–H groups in total. The van der Waals surface area contributed by atoms with Crippen LogP contribution in [0.4, 0.5) is 4.39 Å². The average Bonchev–Trinajstić information content (AvgIpc) is 2.41. The molecule has 5 heteroatoms. The van der Waals surface area contributed by atoms with Gasteiger partial charge in [-0.15, -0.1) is 11.6 Å². The number of benzene rings is 1. The molecule has 1 rings (SSSR count). The Kier molecular flexibility index (Phi) is 6.59. The molecular formula is C14H18Cl2FNO. The van der Waals surface area contributed by atoms with E-state index < -0.39 is 5.82 Å². The van der Waals surface area contributed by atoms with E-state index in [0.29, 0.717) is 12.4 Å². The van der Waals surface area contributed by atoms with Gasteiger partial charge in [0.1, 0.15) is 0 Å². The quantitative estimate of drug-likeness (QED) is 0.716. The Labute approximate surface area is 123 Å². The fourth-order valence-corrected chi connectivity index (χ4v) is 2.45. The molecule has 1 aromatic rings. The van der Waals surface area contributed by atoms with Gasteiger partial charge in [-0.1, -0.05) is 31.5 Å². The van der Waals surface area contributed by atoms with E-state index in [4.69, 9.17) is 23.2 Å². The first-order valence-corrected chi connectivity index (χ1v) is 7.28. The lowest BCUT2D eigenvalue weighted by atomic mass is 10.1. The second-order valence-corrected chi connectivity index (χ2v) is 5.04. The average molecular weight is 306 g/mol. The van der Waals surface area contributed by atoms with Gasteiger partial charge in [0.2, 0.25) is 0 Å². The summed E-state index contributed by atoms with van der Waals surface area (Å²) in [6.07, 6.45) is 1.61. The molecule has 0 aliphatic carbocycles. The summed E-state index contributed by atoms with van der Waals surface area (Å²) in [5.41, 5.74) is 0.00418. The minimum absolute atomic E-state index is 0.00418. The summed E-state index contributed by atoms with van der Waals surface area (Å²) in [4.78, 5) is 14.1. The van der Waals surface area contributed by atoms with Gasteiger partial charge in [-0.25, -0.2) is 4.39 Å². The maximum absolute atomic E-state index is 13.9. The molecule has 19 heavy (non-hydrogen) atoms. The molecular weight excluding hydrogens is 288 g/mol. The van der Waals surface area contributed by atoms with E-state index in [1.54, 1.807) is 11.0 Å². The molecule has 2 nitrogen and oxygen atoms in total. The van der Waals surface area contributed by atoms with Gasteiger partial charge in [0.05, 0.1) is 10.6 Å². The van der Waals surface area contributed by atoms with Crippen molar-refractivity contribution in [2.24, 2.45) is 0 Å². The van der Waals surface area contributed by atoms with E-state index in [-0.39, 0.29) is 22.5 Å². The Morgan fingerprint density at radius 3 is 2.53 bits per heavy atom. The third kappa shape index (κ3) is 3.83. The molecule has 0 spiro atoms. The van der Waals surface area contributed by atoms with Gasteiger partial charge in [0.25, 0.3) is 5.91 Å². The number of hydrogen-bond donors (Lipinski definition) is 0. The highest BCUT2D eigenvalue weighted by Crippen LogP contribution is 2.21. The Hall–Kier alpha value is -0.800. The Morgan fingerprint density at radius 2 is 2.00 bits per heavy atom. The zero-order chi connectivity index (χ0) is 14.4. The highest BCUT2D eigenvalue weighted by atomic mass is 35.5. The lowest BCUT2D eigenvalue weighted by Crippen LogP contribution is -2.41. The van der Waals surface area contributed by atoms with Crippen LogP contribution in [-0.2, 0) is 0 Å². The summed E-state index contributed by atoms with van der Waals surface area (Å²) in [5, 5.41) is -0.0405. The first-order valence-electron chi connectivity index (χ1n) is 6.37. The van der Waals surface area contributed by atoms with Gasteiger partial charge < -0.3 is 4.90 Å². The molecule has 0 aliphatic heterocycles. The number of hydrogen-bond acceptors (Lipinski definition) is 1. The highest BCUT2D eigenvalue weighted by Gasteiger charge is 2.24. The molecule has 1 aromatic carbocycles. The lowest BCUT2D eigenvalue weighted by molar-refractivity contribution is 0.0677. The minimum atomic E-state index is -0.667. The van der Waals surface area contributed by atoms with Crippen LogP contribution >= 0.6 is 23.2 Å². The third-order valence-electron chi connectivity index (χ3n) is 3.15. The van der Waals surface area contributed by atoms with Crippen LogP contribution in [0, 0.1) is 5.82 Å². The molecule has 0 saturated carbocycles. The lowest BCUT2D eigenvalue weighted by Gasteiger charge is -2.30. The van der Waals surface area contributed by atoms with Gasteiger partial charge in [0.15, 0.2) is 5.82 Å². The van der Waals surface area contributed by atoms with E-state index in [2.05, 4.69) is 0 Å². The van der Waals surface area contributed by atoms with E-state index >= 15 is 0 Å². The molecule has 0 aliphatic rings. The summed E-state index contributed by atoms with van der Waals surface area (Å²) in [6, 6.07) is 4.51. The van der Waals surface area contributed by atoms with Crippen molar-refractivity contribution in [2.75, 3.05) is 12.4 Å². The SMILES string of the molecule is CCC(CC)N(CCCl)C(=O)c1cccc(Cl)c1F. The van der Waals surface area contributed by atoms with Crippen molar-refractivity contribution in [1.29, 1.82) is 0 Å². The second kappa shape index (κ2) is 7.71. The first-order chi connectivity index (χ1) is 9.06. The second-order valence-electron chi connectivity index (χ2n) is 4.26. The molecule has 0 atom stereocenters. The Bertz CT molecular complexity index is 435. The van der Waals surface area contributed by atoms with Crippen molar-refractivity contribution in [3.63, 3.8) is 0 Å². The summed E-state index contributed by atoms with van der Waals surface area (Å²) < 4.78 is 13.9. The smallest absolute Gasteiger partial charge is 0.257 e. The molecule has 0 saturated heterocycles. The maximum atomic E-state index is 13.9. The summed E-state index contributed by atoms with van der Waals surface area (Å²) in [6.45, 7) is 4.40. The van der Waals surface area contributed by atoms with Gasteiger partial charge in [-0.05, 0) is 25.0 Å². The molecule has 1 amide bonds. The molecule has 0 unspecified atom stereocenters. The number of amides is 1. The molecule has 0 radical (unpaired) electrons. The minimum Gasteiger partial charge on any atom is -0.334 e. The van der Waals surface area contributed by atoms with Crippen LogP contribution in [0.5, 0.6) is 0 Å². The number of rotatable bonds is 6. The molecule has 0 aromatic heterocycles. The van der Waals surface area contributed by atoms with Crippen molar-refractivity contribution < 1.29 is 9.18 Å². The van der Waals surface area contributed by atoms with Crippen molar-refractivity contribution in [3.8, 4) is 0 Å². The van der Waals surface area contributed by atoms with Gasteiger partial charge in [-0.3, -0.25) is 4.79 Å². The van der Waals surface area contributed by atoms with Crippen molar-refractivity contribution in [2.45, 2.75) is 32.7 Å². The normalized spacial score (nSPS) is 10.8. The van der Waals surface area contributed by atoms with Gasteiger partial charge in [0, 0.05) is 18.5 Å². The van der Waals surface area contributed by atoms with Crippen molar-refractivity contribution in [3.05, 3.63) is 34.6 Å². The monoisotopic (exact) mass is 305 g/mol. The van der Waals surface area contributed by atoms with Crippen LogP contribution in [0.3, 0.4) is 0 Å². The Morgan fingerprint density at radius 1 is 1.37 bits per heavy atom. The molecule has 0 fully saturated rings. The van der Waals surface area contributed by atoms with Crippen LogP contribution < -0.4 is 0 Å². The molecule has 0 heterocycles. The van der Waals surface area contributed by atoms with E-state index in [9.17, 15) is 9.18 Å². The molecule has 0 bridgehead atoms. The number of carbonyl (C=O) groups is 1. The van der Waals surface area contributed by atoms with Crippen molar-refractivity contribution in [1.82, 2.24) is 4.90 Å². The number of nitrogens with zero attached hydrogens (tertiary/aromatic N) is 1. The standard InChI is InChI=1S/C14H18Cl2FNO/c1-3-10(4-2)18(9-8-15)14(19)11-6-5-7-12(16)13(11)17/h5-7,10H,3-4,8-9H2,1-2H3. The maximum Gasteiger partial charge on any atom is 0.257 e. The highest BCUT2D eigenvalue weighted by molar-refractivity contribution is 6.31. The zero-order valence-corrected chi connectivity index (χ0v) is 12.6. The third-order valence-corrected chi connectivity index (χ3v) is 3.61. The summed E-state index contributed by atoms with van der Waals surface area (Å²) >= 11 is 11.5. The van der Waals surface area contributed by atoms with E-state index in [0.717, 1.165) is 12.8 Å². The van der Waals surface area contributed by atoms with E-state index in [1.165, 1.54) is 12.1 Å². The van der Waals surface area contributed by atoms with Gasteiger partial charge in [-0.2, -0.15) is 0 Å².